The molecule has 2 aromatic rings. The Bertz CT molecular complexity index is 1250. The van der Waals surface area contributed by atoms with Gasteiger partial charge >= 0.3 is 0 Å². The molecule has 1 saturated heterocycles. The highest BCUT2D eigenvalue weighted by molar-refractivity contribution is 7.89. The zero-order valence-corrected chi connectivity index (χ0v) is 26.7. The van der Waals surface area contributed by atoms with Gasteiger partial charge in [0.25, 0.3) is 0 Å². The molecule has 8 nitrogen and oxygen atoms in total. The van der Waals surface area contributed by atoms with Crippen LogP contribution < -0.4 is 10.1 Å². The second-order valence-electron chi connectivity index (χ2n) is 12.2. The summed E-state index contributed by atoms with van der Waals surface area (Å²) in [4.78, 5) is 14.9. The van der Waals surface area contributed by atoms with E-state index < -0.39 is 10.0 Å². The molecule has 2 atom stereocenters. The zero-order chi connectivity index (χ0) is 30.8. The highest BCUT2D eigenvalue weighted by atomic mass is 32.2. The molecular weight excluding hydrogens is 569 g/mol. The predicted octanol–water partition coefficient (Wildman–Crippen LogP) is 5.40. The first kappa shape index (κ1) is 33.4. The van der Waals surface area contributed by atoms with Crippen LogP contribution in [0.25, 0.3) is 0 Å². The molecule has 1 aliphatic carbocycles. The third-order valence-electron chi connectivity index (χ3n) is 9.05. The topological polar surface area (TPSA) is 88.2 Å². The first-order valence-electron chi connectivity index (χ1n) is 15.6. The van der Waals surface area contributed by atoms with E-state index in [0.717, 1.165) is 56.9 Å². The molecule has 2 aromatic carbocycles. The van der Waals surface area contributed by atoms with E-state index in [1.54, 1.807) is 47.8 Å². The summed E-state index contributed by atoms with van der Waals surface area (Å²) in [5, 5.41) is 2.99. The number of hydrogen-bond donors (Lipinski definition) is 1. The average Bonchev–Trinajstić information content (AvgIpc) is 3.01. The number of halogens is 1. The van der Waals surface area contributed by atoms with Crippen LogP contribution >= 0.6 is 0 Å². The van der Waals surface area contributed by atoms with Gasteiger partial charge in [-0.1, -0.05) is 31.4 Å². The minimum Gasteiger partial charge on any atom is -0.497 e. The number of carbonyl (C=O) groups is 1. The van der Waals surface area contributed by atoms with Crippen LogP contribution in [0.5, 0.6) is 5.75 Å². The largest absolute Gasteiger partial charge is 0.497 e. The Morgan fingerprint density at radius 2 is 1.70 bits per heavy atom. The van der Waals surface area contributed by atoms with Gasteiger partial charge in [-0.2, -0.15) is 4.31 Å². The number of carbonyl (C=O) groups excluding carboxylic acids is 1. The lowest BCUT2D eigenvalue weighted by Gasteiger charge is -2.37. The van der Waals surface area contributed by atoms with Crippen molar-refractivity contribution in [2.75, 3.05) is 47.5 Å². The summed E-state index contributed by atoms with van der Waals surface area (Å²) in [5.41, 5.74) is 1.16. The molecule has 1 saturated carbocycles. The van der Waals surface area contributed by atoms with E-state index in [4.69, 9.17) is 9.47 Å². The molecule has 2 fully saturated rings. The van der Waals surface area contributed by atoms with Gasteiger partial charge in [0.05, 0.1) is 12.0 Å². The van der Waals surface area contributed by atoms with Crippen LogP contribution in [0.15, 0.2) is 53.4 Å². The maximum Gasteiger partial charge on any atom is 0.245 e. The minimum atomic E-state index is -3.61. The SMILES string of the molecule is COc1ccc(S(=O)(=O)N2CCCCC2CCOCC(=O)NCCC2CCC(C(c3ccc(F)cc3)N(C)C)CC2)cc1. The van der Waals surface area contributed by atoms with E-state index >= 15 is 0 Å². The summed E-state index contributed by atoms with van der Waals surface area (Å²) in [5.74, 6) is 1.39. The van der Waals surface area contributed by atoms with Crippen LogP contribution in [0.3, 0.4) is 0 Å². The van der Waals surface area contributed by atoms with Crippen LogP contribution in [-0.2, 0) is 19.6 Å². The molecule has 0 aromatic heterocycles. The lowest BCUT2D eigenvalue weighted by Crippen LogP contribution is -2.44. The molecule has 0 spiro atoms. The van der Waals surface area contributed by atoms with Crippen LogP contribution in [-0.4, -0.2) is 77.1 Å². The third-order valence-corrected chi connectivity index (χ3v) is 11.0. The average molecular weight is 618 g/mol. The molecule has 1 aliphatic heterocycles. The summed E-state index contributed by atoms with van der Waals surface area (Å²) in [6.07, 6.45) is 8.58. The van der Waals surface area contributed by atoms with Gasteiger partial charge in [-0.3, -0.25) is 4.79 Å². The van der Waals surface area contributed by atoms with Crippen molar-refractivity contribution < 1.29 is 27.1 Å². The Morgan fingerprint density at radius 3 is 2.35 bits per heavy atom. The number of rotatable bonds is 14. The van der Waals surface area contributed by atoms with Gasteiger partial charge < -0.3 is 19.7 Å². The number of nitrogens with zero attached hydrogens (tertiary/aromatic N) is 2. The Labute approximate surface area is 257 Å². The van der Waals surface area contributed by atoms with Gasteiger partial charge in [0, 0.05) is 31.8 Å². The third kappa shape index (κ3) is 9.23. The van der Waals surface area contributed by atoms with Crippen molar-refractivity contribution in [1.29, 1.82) is 0 Å². The zero-order valence-electron chi connectivity index (χ0n) is 25.8. The molecule has 10 heteroatoms. The van der Waals surface area contributed by atoms with Crippen molar-refractivity contribution >= 4 is 15.9 Å². The van der Waals surface area contributed by atoms with E-state index in [2.05, 4.69) is 24.3 Å². The van der Waals surface area contributed by atoms with Crippen LogP contribution in [0.2, 0.25) is 0 Å². The first-order chi connectivity index (χ1) is 20.7. The molecule has 1 heterocycles. The van der Waals surface area contributed by atoms with Crippen LogP contribution in [0.1, 0.15) is 69.4 Å². The van der Waals surface area contributed by atoms with E-state index in [0.29, 0.717) is 43.7 Å². The maximum absolute atomic E-state index is 13.4. The molecule has 1 N–H and O–H groups in total. The summed E-state index contributed by atoms with van der Waals surface area (Å²) in [6.45, 7) is 1.43. The van der Waals surface area contributed by atoms with Crippen molar-refractivity contribution in [2.24, 2.45) is 11.8 Å². The van der Waals surface area contributed by atoms with Gasteiger partial charge in [0.15, 0.2) is 0 Å². The van der Waals surface area contributed by atoms with Gasteiger partial charge in [0.1, 0.15) is 18.2 Å². The molecule has 0 radical (unpaired) electrons. The quantitative estimate of drug-likeness (QED) is 0.286. The fraction of sp³-hybridized carbons (Fsp3) is 0.606. The fourth-order valence-corrected chi connectivity index (χ4v) is 8.48. The second-order valence-corrected chi connectivity index (χ2v) is 14.1. The molecule has 2 aliphatic rings. The van der Waals surface area contributed by atoms with Gasteiger partial charge in [-0.15, -0.1) is 0 Å². The molecule has 4 rings (SSSR count). The normalized spacial score (nSPS) is 22.3. The minimum absolute atomic E-state index is 0.0210. The standard InChI is InChI=1S/C33H48FN3O5S/c1-36(2)33(27-11-13-28(34)14-12-27)26-9-7-25(8-10-26)19-21-35-32(38)24-42-23-20-29-6-4-5-22-37(29)43(39,40)31-17-15-30(41-3)16-18-31/h11-18,25-26,29,33H,4-10,19-24H2,1-3H3,(H,35,38). The Morgan fingerprint density at radius 1 is 1.00 bits per heavy atom. The summed E-state index contributed by atoms with van der Waals surface area (Å²) >= 11 is 0. The smallest absolute Gasteiger partial charge is 0.245 e. The van der Waals surface area contributed by atoms with E-state index in [1.807, 2.05) is 12.1 Å². The number of nitrogens with one attached hydrogen (secondary N) is 1. The van der Waals surface area contributed by atoms with Crippen molar-refractivity contribution in [2.45, 2.75) is 74.8 Å². The maximum atomic E-state index is 13.4. The Hall–Kier alpha value is -2.53. The van der Waals surface area contributed by atoms with Crippen molar-refractivity contribution in [3.63, 3.8) is 0 Å². The number of benzene rings is 2. The number of piperidine rings is 1. The van der Waals surface area contributed by atoms with E-state index in [9.17, 15) is 17.6 Å². The molecular formula is C33H48FN3O5S. The predicted molar refractivity (Wildman–Crippen MR) is 166 cm³/mol. The number of hydrogen-bond acceptors (Lipinski definition) is 6. The summed E-state index contributed by atoms with van der Waals surface area (Å²) in [7, 11) is 2.12. The number of sulfonamides is 1. The number of methoxy groups -OCH3 is 1. The van der Waals surface area contributed by atoms with Gasteiger partial charge in [-0.25, -0.2) is 12.8 Å². The molecule has 238 valence electrons. The molecule has 0 bridgehead atoms. The first-order valence-corrected chi connectivity index (χ1v) is 17.0. The molecule has 1 amide bonds. The Balaban J connectivity index is 1.14. The lowest BCUT2D eigenvalue weighted by atomic mass is 9.75. The van der Waals surface area contributed by atoms with Crippen molar-refractivity contribution in [3.8, 4) is 5.75 Å². The highest BCUT2D eigenvalue weighted by Gasteiger charge is 2.33. The van der Waals surface area contributed by atoms with Crippen LogP contribution in [0.4, 0.5) is 4.39 Å². The lowest BCUT2D eigenvalue weighted by molar-refractivity contribution is -0.125. The Kier molecular flexibility index (Phi) is 12.4. The van der Waals surface area contributed by atoms with E-state index in [1.165, 1.54) is 0 Å². The summed E-state index contributed by atoms with van der Waals surface area (Å²) in [6, 6.07) is 13.5. The monoisotopic (exact) mass is 617 g/mol. The second kappa shape index (κ2) is 16.0. The van der Waals surface area contributed by atoms with Gasteiger partial charge in [-0.05, 0) is 106 Å². The fourth-order valence-electron chi connectivity index (χ4n) is 6.76. The van der Waals surface area contributed by atoms with E-state index in [-0.39, 0.29) is 35.3 Å². The summed E-state index contributed by atoms with van der Waals surface area (Å²) < 4.78 is 52.5. The number of ether oxygens (including phenoxy) is 2. The molecule has 2 unspecified atom stereocenters. The van der Waals surface area contributed by atoms with Crippen molar-refractivity contribution in [3.05, 3.63) is 59.9 Å². The van der Waals surface area contributed by atoms with Crippen LogP contribution in [0, 0.1) is 17.7 Å². The molecule has 43 heavy (non-hydrogen) atoms. The number of amides is 1. The van der Waals surface area contributed by atoms with Crippen molar-refractivity contribution in [1.82, 2.24) is 14.5 Å². The highest BCUT2D eigenvalue weighted by Crippen LogP contribution is 2.40. The van der Waals surface area contributed by atoms with Gasteiger partial charge in [0.2, 0.25) is 15.9 Å².